The lowest BCUT2D eigenvalue weighted by Crippen LogP contribution is -2.24. The Kier molecular flexibility index (Phi) is 5.03. The van der Waals surface area contributed by atoms with Crippen molar-refractivity contribution in [1.82, 2.24) is 9.97 Å². The summed E-state index contributed by atoms with van der Waals surface area (Å²) in [7, 11) is 1.90. The van der Waals surface area contributed by atoms with Gasteiger partial charge < -0.3 is 4.90 Å². The summed E-state index contributed by atoms with van der Waals surface area (Å²) in [6.07, 6.45) is -1.93. The molecule has 1 aromatic carbocycles. The average Bonchev–Trinajstić information content (AvgIpc) is 2.81. The second-order valence-corrected chi connectivity index (χ2v) is 7.65. The molecule has 0 unspecified atom stereocenters. The first-order chi connectivity index (χ1) is 12.6. The number of aromatic nitrogens is 2. The number of nitrogens with zero attached hydrogens (tertiary/aromatic N) is 3. The third-order valence-electron chi connectivity index (χ3n) is 4.51. The summed E-state index contributed by atoms with van der Waals surface area (Å²) in [4.78, 5) is 21.7. The first-order valence-corrected chi connectivity index (χ1v) is 9.20. The second kappa shape index (κ2) is 6.99. The predicted molar refractivity (Wildman–Crippen MR) is 98.7 cm³/mol. The van der Waals surface area contributed by atoms with Gasteiger partial charge in [-0.05, 0) is 17.7 Å². The standard InChI is InChI=1S/C19H18F3N3OS/c1-18(2)13-6-4-5-7-14(13)25(3)16(18)10-12(26)11-27-17-23-9-8-15(24-17)19(20,21)22/h4-10H,11H2,1-3H3/b16-10+. The minimum atomic E-state index is -4.54. The van der Waals surface area contributed by atoms with Crippen LogP contribution in [0.2, 0.25) is 0 Å². The molecule has 0 radical (unpaired) electrons. The molecule has 0 amide bonds. The third kappa shape index (κ3) is 3.85. The summed E-state index contributed by atoms with van der Waals surface area (Å²) >= 11 is 0.893. The van der Waals surface area contributed by atoms with Crippen LogP contribution in [0.5, 0.6) is 0 Å². The molecule has 2 heterocycles. The monoisotopic (exact) mass is 393 g/mol. The molecule has 0 bridgehead atoms. The number of fused-ring (bicyclic) bond motifs is 1. The van der Waals surface area contributed by atoms with Crippen LogP contribution in [0.1, 0.15) is 25.1 Å². The number of halogens is 3. The number of para-hydroxylation sites is 1. The maximum absolute atomic E-state index is 12.7. The van der Waals surface area contributed by atoms with Gasteiger partial charge in [0.2, 0.25) is 0 Å². The largest absolute Gasteiger partial charge is 0.433 e. The van der Waals surface area contributed by atoms with Crippen molar-refractivity contribution in [3.05, 3.63) is 59.6 Å². The third-order valence-corrected chi connectivity index (χ3v) is 5.39. The van der Waals surface area contributed by atoms with Gasteiger partial charge in [0.25, 0.3) is 0 Å². The highest BCUT2D eigenvalue weighted by atomic mass is 32.2. The van der Waals surface area contributed by atoms with Crippen molar-refractivity contribution in [2.24, 2.45) is 0 Å². The first-order valence-electron chi connectivity index (χ1n) is 8.22. The molecule has 3 rings (SSSR count). The number of hydrogen-bond donors (Lipinski definition) is 0. The van der Waals surface area contributed by atoms with Crippen LogP contribution in [0.4, 0.5) is 18.9 Å². The smallest absolute Gasteiger partial charge is 0.347 e. The van der Waals surface area contributed by atoms with Gasteiger partial charge in [0.15, 0.2) is 10.9 Å². The van der Waals surface area contributed by atoms with Crippen LogP contribution in [0, 0.1) is 0 Å². The number of carbonyl (C=O) groups excluding carboxylic acids is 1. The number of ketones is 1. The molecule has 1 aromatic heterocycles. The van der Waals surface area contributed by atoms with E-state index in [9.17, 15) is 18.0 Å². The number of allylic oxidation sites excluding steroid dienone is 2. The molecule has 1 aliphatic rings. The van der Waals surface area contributed by atoms with Crippen molar-refractivity contribution >= 4 is 23.2 Å². The predicted octanol–water partition coefficient (Wildman–Crippen LogP) is 4.47. The van der Waals surface area contributed by atoms with Crippen molar-refractivity contribution in [2.75, 3.05) is 17.7 Å². The van der Waals surface area contributed by atoms with Crippen LogP contribution in [0.15, 0.2) is 53.5 Å². The minimum absolute atomic E-state index is 0.0366. The Morgan fingerprint density at radius 1 is 1.26 bits per heavy atom. The lowest BCUT2D eigenvalue weighted by atomic mass is 9.83. The van der Waals surface area contributed by atoms with E-state index in [-0.39, 0.29) is 22.1 Å². The van der Waals surface area contributed by atoms with Gasteiger partial charge in [0.1, 0.15) is 5.69 Å². The van der Waals surface area contributed by atoms with E-state index >= 15 is 0 Å². The average molecular weight is 393 g/mol. The number of likely N-dealkylation sites (N-methyl/N-ethyl adjacent to an activating group) is 1. The van der Waals surface area contributed by atoms with Crippen molar-refractivity contribution in [3.63, 3.8) is 0 Å². The highest BCUT2D eigenvalue weighted by Crippen LogP contribution is 2.46. The summed E-state index contributed by atoms with van der Waals surface area (Å²) in [5, 5.41) is -0.0705. The van der Waals surface area contributed by atoms with E-state index in [1.807, 2.05) is 50.1 Å². The molecule has 0 spiro atoms. The Balaban J connectivity index is 1.75. The van der Waals surface area contributed by atoms with Gasteiger partial charge in [-0.3, -0.25) is 4.79 Å². The van der Waals surface area contributed by atoms with E-state index in [0.717, 1.165) is 41.0 Å². The van der Waals surface area contributed by atoms with Gasteiger partial charge in [-0.25, -0.2) is 9.97 Å². The van der Waals surface area contributed by atoms with Crippen LogP contribution < -0.4 is 4.90 Å². The quantitative estimate of drug-likeness (QED) is 0.436. The van der Waals surface area contributed by atoms with E-state index in [1.54, 1.807) is 6.08 Å². The van der Waals surface area contributed by atoms with Crippen LogP contribution in [0.25, 0.3) is 0 Å². The van der Waals surface area contributed by atoms with E-state index in [1.165, 1.54) is 0 Å². The Labute approximate surface area is 159 Å². The molecule has 0 saturated heterocycles. The van der Waals surface area contributed by atoms with Crippen molar-refractivity contribution in [1.29, 1.82) is 0 Å². The van der Waals surface area contributed by atoms with Crippen LogP contribution >= 0.6 is 11.8 Å². The number of hydrogen-bond acceptors (Lipinski definition) is 5. The summed E-state index contributed by atoms with van der Waals surface area (Å²) in [5.41, 5.74) is 1.66. The summed E-state index contributed by atoms with van der Waals surface area (Å²) < 4.78 is 38.1. The van der Waals surface area contributed by atoms with E-state index < -0.39 is 11.9 Å². The fourth-order valence-electron chi connectivity index (χ4n) is 3.16. The Hall–Kier alpha value is -2.35. The maximum Gasteiger partial charge on any atom is 0.433 e. The number of thioether (sulfide) groups is 1. The molecule has 0 N–H and O–H groups in total. The minimum Gasteiger partial charge on any atom is -0.347 e. The fourth-order valence-corrected chi connectivity index (χ4v) is 3.81. The highest BCUT2D eigenvalue weighted by Gasteiger charge is 2.38. The molecule has 0 aliphatic carbocycles. The number of anilines is 1. The summed E-state index contributed by atoms with van der Waals surface area (Å²) in [5.74, 6) is -0.241. The number of rotatable bonds is 4. The molecular formula is C19H18F3N3OS. The Bertz CT molecular complexity index is 909. The van der Waals surface area contributed by atoms with Gasteiger partial charge >= 0.3 is 6.18 Å². The summed E-state index contributed by atoms with van der Waals surface area (Å²) in [6, 6.07) is 8.73. The Morgan fingerprint density at radius 2 is 1.96 bits per heavy atom. The van der Waals surface area contributed by atoms with Crippen LogP contribution in [-0.4, -0.2) is 28.6 Å². The van der Waals surface area contributed by atoms with Crippen LogP contribution in [0.3, 0.4) is 0 Å². The van der Waals surface area contributed by atoms with Gasteiger partial charge in [0, 0.05) is 36.1 Å². The maximum atomic E-state index is 12.7. The SMILES string of the molecule is CN1/C(=C/C(=O)CSc2nccc(C(F)(F)F)n2)C(C)(C)c2ccccc21. The molecule has 1 aliphatic heterocycles. The van der Waals surface area contributed by atoms with E-state index in [4.69, 9.17) is 0 Å². The normalized spacial score (nSPS) is 17.3. The van der Waals surface area contributed by atoms with Crippen molar-refractivity contribution in [3.8, 4) is 0 Å². The summed E-state index contributed by atoms with van der Waals surface area (Å²) in [6.45, 7) is 4.08. The lowest BCUT2D eigenvalue weighted by molar-refractivity contribution is -0.141. The molecule has 0 fully saturated rings. The zero-order chi connectivity index (χ0) is 19.8. The fraction of sp³-hybridized carbons (Fsp3) is 0.316. The molecule has 142 valence electrons. The van der Waals surface area contributed by atoms with Gasteiger partial charge in [-0.1, -0.05) is 43.8 Å². The zero-order valence-corrected chi connectivity index (χ0v) is 15.9. The number of benzene rings is 1. The number of carbonyl (C=O) groups is 1. The van der Waals surface area contributed by atoms with E-state index in [0.29, 0.717) is 0 Å². The first kappa shape index (κ1) is 19.4. The molecular weight excluding hydrogens is 375 g/mol. The molecule has 8 heteroatoms. The number of alkyl halides is 3. The highest BCUT2D eigenvalue weighted by molar-refractivity contribution is 7.99. The van der Waals surface area contributed by atoms with Crippen LogP contribution in [-0.2, 0) is 16.4 Å². The van der Waals surface area contributed by atoms with Crippen molar-refractivity contribution in [2.45, 2.75) is 30.6 Å². The van der Waals surface area contributed by atoms with Crippen molar-refractivity contribution < 1.29 is 18.0 Å². The van der Waals surface area contributed by atoms with Gasteiger partial charge in [-0.2, -0.15) is 13.2 Å². The van der Waals surface area contributed by atoms with Gasteiger partial charge in [0.05, 0.1) is 5.75 Å². The van der Waals surface area contributed by atoms with E-state index in [2.05, 4.69) is 9.97 Å². The zero-order valence-electron chi connectivity index (χ0n) is 15.0. The molecule has 27 heavy (non-hydrogen) atoms. The second-order valence-electron chi connectivity index (χ2n) is 6.71. The Morgan fingerprint density at radius 3 is 2.63 bits per heavy atom. The molecule has 2 aromatic rings. The molecule has 0 saturated carbocycles. The lowest BCUT2D eigenvalue weighted by Gasteiger charge is -2.23. The van der Waals surface area contributed by atoms with Gasteiger partial charge in [-0.15, -0.1) is 0 Å². The molecule has 4 nitrogen and oxygen atoms in total. The topological polar surface area (TPSA) is 46.1 Å². The molecule has 0 atom stereocenters.